The van der Waals surface area contributed by atoms with Gasteiger partial charge in [-0.3, -0.25) is 0 Å². The van der Waals surface area contributed by atoms with Crippen molar-refractivity contribution in [2.75, 3.05) is 34.4 Å². The summed E-state index contributed by atoms with van der Waals surface area (Å²) in [6.45, 7) is 7.75. The average Bonchev–Trinajstić information content (AvgIpc) is 2.75. The molecule has 3 rings (SSSR count). The number of nitrogens with zero attached hydrogens (tertiary/aromatic N) is 1. The Morgan fingerprint density at radius 3 is 2.45 bits per heavy atom. The standard InChI is InChI=1S/C25H36N2O2/c1-19-18-27(3)20(2)16-25(19,22-9-7-6-8-10-22)13-14-26-17-21-11-12-23(28-4)24(15-21)29-5/h6-12,15,19-20,26H,13-14,16-18H2,1-5H3/t19-,20+,25-/m1/s1. The summed E-state index contributed by atoms with van der Waals surface area (Å²) in [6, 6.07) is 17.9. The number of nitrogens with one attached hydrogen (secondary N) is 1. The first-order chi connectivity index (χ1) is 14.0. The maximum Gasteiger partial charge on any atom is 0.161 e. The van der Waals surface area contributed by atoms with E-state index >= 15 is 0 Å². The smallest absolute Gasteiger partial charge is 0.161 e. The number of likely N-dealkylation sites (tertiary alicyclic amines) is 1. The third-order valence-electron chi connectivity index (χ3n) is 6.79. The lowest BCUT2D eigenvalue weighted by Gasteiger charge is -2.50. The topological polar surface area (TPSA) is 33.7 Å². The number of ether oxygens (including phenoxy) is 2. The fourth-order valence-electron chi connectivity index (χ4n) is 4.87. The third kappa shape index (κ3) is 4.76. The summed E-state index contributed by atoms with van der Waals surface area (Å²) in [7, 11) is 5.61. The van der Waals surface area contributed by atoms with Crippen LogP contribution in [0.4, 0.5) is 0 Å². The van der Waals surface area contributed by atoms with E-state index in [4.69, 9.17) is 9.47 Å². The van der Waals surface area contributed by atoms with Crippen molar-refractivity contribution in [1.82, 2.24) is 10.2 Å². The average molecular weight is 397 g/mol. The quantitative estimate of drug-likeness (QED) is 0.667. The van der Waals surface area contributed by atoms with Gasteiger partial charge in [0.15, 0.2) is 11.5 Å². The maximum atomic E-state index is 5.43. The van der Waals surface area contributed by atoms with Crippen LogP contribution in [-0.4, -0.2) is 45.3 Å². The second-order valence-electron chi connectivity index (χ2n) is 8.53. The van der Waals surface area contributed by atoms with Crippen molar-refractivity contribution in [2.24, 2.45) is 5.92 Å². The molecule has 0 bridgehead atoms. The van der Waals surface area contributed by atoms with E-state index in [1.165, 1.54) is 17.5 Å². The first kappa shape index (κ1) is 21.7. The molecule has 1 N–H and O–H groups in total. The third-order valence-corrected chi connectivity index (χ3v) is 6.79. The summed E-state index contributed by atoms with van der Waals surface area (Å²) in [4.78, 5) is 2.50. The van der Waals surface area contributed by atoms with Crippen molar-refractivity contribution < 1.29 is 9.47 Å². The summed E-state index contributed by atoms with van der Waals surface area (Å²) >= 11 is 0. The Labute approximate surface area is 176 Å². The zero-order valence-corrected chi connectivity index (χ0v) is 18.6. The van der Waals surface area contributed by atoms with Crippen molar-refractivity contribution in [1.29, 1.82) is 0 Å². The van der Waals surface area contributed by atoms with Gasteiger partial charge in [0.25, 0.3) is 0 Å². The zero-order valence-electron chi connectivity index (χ0n) is 18.6. The highest BCUT2D eigenvalue weighted by Crippen LogP contribution is 2.44. The van der Waals surface area contributed by atoms with Crippen LogP contribution < -0.4 is 14.8 Å². The van der Waals surface area contributed by atoms with Crippen molar-refractivity contribution >= 4 is 0 Å². The molecule has 3 atom stereocenters. The van der Waals surface area contributed by atoms with E-state index in [1.54, 1.807) is 14.2 Å². The predicted molar refractivity (Wildman–Crippen MR) is 120 cm³/mol. The van der Waals surface area contributed by atoms with Gasteiger partial charge in [0.2, 0.25) is 0 Å². The highest BCUT2D eigenvalue weighted by Gasteiger charge is 2.43. The van der Waals surface area contributed by atoms with Crippen LogP contribution in [0.25, 0.3) is 0 Å². The molecular weight excluding hydrogens is 360 g/mol. The first-order valence-electron chi connectivity index (χ1n) is 10.7. The SMILES string of the molecule is COc1ccc(CNCC[C@@]2(c3ccccc3)C[C@H](C)N(C)C[C@H]2C)cc1OC. The lowest BCUT2D eigenvalue weighted by molar-refractivity contribution is 0.0689. The highest BCUT2D eigenvalue weighted by molar-refractivity contribution is 5.42. The Morgan fingerprint density at radius 1 is 1.03 bits per heavy atom. The van der Waals surface area contributed by atoms with E-state index in [9.17, 15) is 0 Å². The van der Waals surface area contributed by atoms with E-state index < -0.39 is 0 Å². The van der Waals surface area contributed by atoms with Gasteiger partial charge in [-0.25, -0.2) is 0 Å². The van der Waals surface area contributed by atoms with Crippen molar-refractivity contribution in [3.63, 3.8) is 0 Å². The molecule has 0 unspecified atom stereocenters. The molecule has 1 fully saturated rings. The number of rotatable bonds is 8. The van der Waals surface area contributed by atoms with Crippen LogP contribution >= 0.6 is 0 Å². The van der Waals surface area contributed by atoms with Gasteiger partial charge in [0.1, 0.15) is 0 Å². The normalized spacial score (nSPS) is 25.0. The van der Waals surface area contributed by atoms with Gasteiger partial charge in [-0.2, -0.15) is 0 Å². The van der Waals surface area contributed by atoms with Gasteiger partial charge < -0.3 is 19.7 Å². The molecule has 1 heterocycles. The summed E-state index contributed by atoms with van der Waals surface area (Å²) in [5, 5.41) is 3.67. The monoisotopic (exact) mass is 396 g/mol. The lowest BCUT2D eigenvalue weighted by Crippen LogP contribution is -2.52. The lowest BCUT2D eigenvalue weighted by atomic mass is 9.63. The van der Waals surface area contributed by atoms with E-state index in [0.29, 0.717) is 12.0 Å². The van der Waals surface area contributed by atoms with Gasteiger partial charge in [-0.15, -0.1) is 0 Å². The molecule has 0 amide bonds. The molecule has 0 spiro atoms. The summed E-state index contributed by atoms with van der Waals surface area (Å²) < 4.78 is 10.8. The summed E-state index contributed by atoms with van der Waals surface area (Å²) in [5.41, 5.74) is 2.92. The van der Waals surface area contributed by atoms with Crippen LogP contribution in [-0.2, 0) is 12.0 Å². The van der Waals surface area contributed by atoms with Crippen molar-refractivity contribution in [2.45, 2.75) is 44.7 Å². The molecule has 0 saturated carbocycles. The highest BCUT2D eigenvalue weighted by atomic mass is 16.5. The number of piperidine rings is 1. The Morgan fingerprint density at radius 2 is 1.76 bits per heavy atom. The predicted octanol–water partition coefficient (Wildman–Crippen LogP) is 4.48. The van der Waals surface area contributed by atoms with Gasteiger partial charge >= 0.3 is 0 Å². The minimum atomic E-state index is 0.220. The number of hydrogen-bond acceptors (Lipinski definition) is 4. The molecule has 1 saturated heterocycles. The Hall–Kier alpha value is -2.04. The van der Waals surface area contributed by atoms with Crippen molar-refractivity contribution in [3.8, 4) is 11.5 Å². The molecule has 4 heteroatoms. The minimum Gasteiger partial charge on any atom is -0.493 e. The number of hydrogen-bond donors (Lipinski definition) is 1. The summed E-state index contributed by atoms with van der Waals surface area (Å²) in [5.74, 6) is 2.17. The fraction of sp³-hybridized carbons (Fsp3) is 0.520. The molecule has 1 aliphatic heterocycles. The van der Waals surface area contributed by atoms with Crippen LogP contribution in [0.3, 0.4) is 0 Å². The van der Waals surface area contributed by atoms with E-state index in [-0.39, 0.29) is 5.41 Å². The second kappa shape index (κ2) is 9.64. The van der Waals surface area contributed by atoms with Gasteiger partial charge in [0, 0.05) is 24.5 Å². The second-order valence-corrected chi connectivity index (χ2v) is 8.53. The van der Waals surface area contributed by atoms with Gasteiger partial charge in [-0.1, -0.05) is 43.3 Å². The Kier molecular flexibility index (Phi) is 7.20. The molecule has 2 aromatic rings. The molecule has 0 aromatic heterocycles. The van der Waals surface area contributed by atoms with Crippen LogP contribution in [0.5, 0.6) is 11.5 Å². The molecule has 1 aliphatic rings. The van der Waals surface area contributed by atoms with E-state index in [2.05, 4.69) is 73.6 Å². The molecule has 29 heavy (non-hydrogen) atoms. The van der Waals surface area contributed by atoms with Crippen LogP contribution in [0.15, 0.2) is 48.5 Å². The first-order valence-corrected chi connectivity index (χ1v) is 10.7. The molecule has 4 nitrogen and oxygen atoms in total. The van der Waals surface area contributed by atoms with Crippen LogP contribution in [0.2, 0.25) is 0 Å². The number of methoxy groups -OCH3 is 2. The molecule has 2 aromatic carbocycles. The minimum absolute atomic E-state index is 0.220. The van der Waals surface area contributed by atoms with E-state index in [1.807, 2.05) is 6.07 Å². The molecule has 158 valence electrons. The maximum absolute atomic E-state index is 5.43. The van der Waals surface area contributed by atoms with Gasteiger partial charge in [0.05, 0.1) is 14.2 Å². The van der Waals surface area contributed by atoms with Crippen LogP contribution in [0.1, 0.15) is 37.8 Å². The molecular formula is C25H36N2O2. The Bertz CT molecular complexity index is 780. The summed E-state index contributed by atoms with van der Waals surface area (Å²) in [6.07, 6.45) is 2.34. The van der Waals surface area contributed by atoms with Crippen LogP contribution in [0, 0.1) is 5.92 Å². The van der Waals surface area contributed by atoms with Crippen molar-refractivity contribution in [3.05, 3.63) is 59.7 Å². The number of benzene rings is 2. The Balaban J connectivity index is 1.69. The largest absolute Gasteiger partial charge is 0.493 e. The van der Waals surface area contributed by atoms with E-state index in [0.717, 1.165) is 37.6 Å². The van der Waals surface area contributed by atoms with Gasteiger partial charge in [-0.05, 0) is 62.5 Å². The molecule has 0 radical (unpaired) electrons. The zero-order chi connectivity index (χ0) is 20.9. The fourth-order valence-corrected chi connectivity index (χ4v) is 4.87. The molecule has 0 aliphatic carbocycles.